The summed E-state index contributed by atoms with van der Waals surface area (Å²) in [5.41, 5.74) is 0.512. The van der Waals surface area contributed by atoms with E-state index < -0.39 is 32.5 Å². The van der Waals surface area contributed by atoms with Crippen molar-refractivity contribution in [1.82, 2.24) is 4.31 Å². The van der Waals surface area contributed by atoms with Crippen LogP contribution in [0.4, 0.5) is 11.4 Å². The first kappa shape index (κ1) is 27.1. The standard InChI is InChI=1S/C26H28ClN3O5S2/c27-24-12-6-7-13-25(24)30(37(34,35)22-10-4-3-5-11-22)20-26(31)28-21-14-16-23(17-15-21)36(32,33)29-18-8-1-2-9-19-29/h3-7,10-17H,1-2,8-9,18-20H2,(H,28,31). The van der Waals surface area contributed by atoms with Gasteiger partial charge in [0.1, 0.15) is 6.54 Å². The summed E-state index contributed by atoms with van der Waals surface area (Å²) in [5, 5.41) is 2.84. The number of anilines is 2. The molecule has 1 heterocycles. The van der Waals surface area contributed by atoms with E-state index in [0.717, 1.165) is 30.0 Å². The van der Waals surface area contributed by atoms with Crippen LogP contribution in [0, 0.1) is 0 Å². The molecule has 1 fully saturated rings. The van der Waals surface area contributed by atoms with Gasteiger partial charge in [0, 0.05) is 18.8 Å². The molecule has 0 aromatic heterocycles. The monoisotopic (exact) mass is 561 g/mol. The van der Waals surface area contributed by atoms with Crippen LogP contribution < -0.4 is 9.62 Å². The number of hydrogen-bond acceptors (Lipinski definition) is 5. The summed E-state index contributed by atoms with van der Waals surface area (Å²) in [7, 11) is -7.72. The maximum Gasteiger partial charge on any atom is 0.264 e. The topological polar surface area (TPSA) is 104 Å². The third-order valence-corrected chi connectivity index (χ3v) is 10.1. The first-order valence-corrected chi connectivity index (χ1v) is 15.2. The fourth-order valence-corrected chi connectivity index (χ4v) is 7.41. The molecule has 8 nitrogen and oxygen atoms in total. The molecule has 0 aliphatic carbocycles. The van der Waals surface area contributed by atoms with Gasteiger partial charge in [-0.1, -0.05) is 54.8 Å². The SMILES string of the molecule is O=C(CN(c1ccccc1Cl)S(=O)(=O)c1ccccc1)Nc1ccc(S(=O)(=O)N2CCCCCC2)cc1. The first-order valence-electron chi connectivity index (χ1n) is 11.9. The number of nitrogens with zero attached hydrogens (tertiary/aromatic N) is 2. The Labute approximate surface area is 223 Å². The van der Waals surface area contributed by atoms with Crippen molar-refractivity contribution in [1.29, 1.82) is 0 Å². The van der Waals surface area contributed by atoms with E-state index in [0.29, 0.717) is 18.8 Å². The number of nitrogens with one attached hydrogen (secondary N) is 1. The number of hydrogen-bond donors (Lipinski definition) is 1. The Kier molecular flexibility index (Phi) is 8.53. The summed E-state index contributed by atoms with van der Waals surface area (Å²) in [4.78, 5) is 13.1. The molecule has 37 heavy (non-hydrogen) atoms. The van der Waals surface area contributed by atoms with Gasteiger partial charge in [0.05, 0.1) is 20.5 Å². The minimum Gasteiger partial charge on any atom is -0.325 e. The zero-order valence-corrected chi connectivity index (χ0v) is 22.5. The number of rotatable bonds is 8. The van der Waals surface area contributed by atoms with Crippen molar-refractivity contribution in [3.05, 3.63) is 83.9 Å². The lowest BCUT2D eigenvalue weighted by Crippen LogP contribution is -2.38. The molecule has 4 rings (SSSR count). The number of para-hydroxylation sites is 1. The van der Waals surface area contributed by atoms with Crippen molar-refractivity contribution >= 4 is 48.9 Å². The highest BCUT2D eigenvalue weighted by Gasteiger charge is 2.29. The molecule has 3 aromatic rings. The zero-order valence-electron chi connectivity index (χ0n) is 20.1. The van der Waals surface area contributed by atoms with E-state index in [9.17, 15) is 21.6 Å². The van der Waals surface area contributed by atoms with Crippen LogP contribution in [0.2, 0.25) is 5.02 Å². The molecular formula is C26H28ClN3O5S2. The van der Waals surface area contributed by atoms with Crippen LogP contribution in [-0.4, -0.2) is 46.7 Å². The molecule has 0 spiro atoms. The molecule has 1 aliphatic rings. The predicted molar refractivity (Wildman–Crippen MR) is 145 cm³/mol. The zero-order chi connectivity index (χ0) is 26.5. The van der Waals surface area contributed by atoms with Gasteiger partial charge in [-0.05, 0) is 61.4 Å². The Balaban J connectivity index is 1.53. The van der Waals surface area contributed by atoms with Gasteiger partial charge in [-0.2, -0.15) is 4.31 Å². The van der Waals surface area contributed by atoms with Crippen LogP contribution in [0.5, 0.6) is 0 Å². The molecule has 196 valence electrons. The Morgan fingerprint density at radius 1 is 0.784 bits per heavy atom. The van der Waals surface area contributed by atoms with Gasteiger partial charge in [-0.3, -0.25) is 9.10 Å². The van der Waals surface area contributed by atoms with E-state index in [1.165, 1.54) is 46.8 Å². The predicted octanol–water partition coefficient (Wildman–Crippen LogP) is 4.74. The number of amides is 1. The van der Waals surface area contributed by atoms with Gasteiger partial charge in [-0.25, -0.2) is 16.8 Å². The average Bonchev–Trinajstić information content (AvgIpc) is 3.19. The van der Waals surface area contributed by atoms with Crippen LogP contribution in [0.25, 0.3) is 0 Å². The Morgan fingerprint density at radius 3 is 2.00 bits per heavy atom. The summed E-state index contributed by atoms with van der Waals surface area (Å²) < 4.78 is 55.3. The lowest BCUT2D eigenvalue weighted by molar-refractivity contribution is -0.114. The molecule has 1 saturated heterocycles. The molecule has 0 atom stereocenters. The third kappa shape index (κ3) is 6.32. The summed E-state index contributed by atoms with van der Waals surface area (Å²) in [6.45, 7) is 0.456. The second kappa shape index (κ2) is 11.6. The van der Waals surface area contributed by atoms with Gasteiger partial charge in [0.15, 0.2) is 0 Å². The lowest BCUT2D eigenvalue weighted by Gasteiger charge is -2.25. The molecule has 3 aromatic carbocycles. The van der Waals surface area contributed by atoms with E-state index in [-0.39, 0.29) is 20.5 Å². The molecule has 1 N–H and O–H groups in total. The van der Waals surface area contributed by atoms with Gasteiger partial charge >= 0.3 is 0 Å². The number of halogens is 1. The van der Waals surface area contributed by atoms with E-state index >= 15 is 0 Å². The van der Waals surface area contributed by atoms with Gasteiger partial charge < -0.3 is 5.32 Å². The summed E-state index contributed by atoms with van der Waals surface area (Å²) in [6, 6.07) is 20.0. The van der Waals surface area contributed by atoms with Crippen molar-refractivity contribution in [2.24, 2.45) is 0 Å². The first-order chi connectivity index (χ1) is 17.7. The normalized spacial score (nSPS) is 15.1. The molecular weight excluding hydrogens is 534 g/mol. The van der Waals surface area contributed by atoms with E-state index in [1.54, 1.807) is 36.4 Å². The van der Waals surface area contributed by atoms with Crippen molar-refractivity contribution in [2.45, 2.75) is 35.5 Å². The number of carbonyl (C=O) groups is 1. The van der Waals surface area contributed by atoms with Crippen molar-refractivity contribution in [2.75, 3.05) is 29.3 Å². The van der Waals surface area contributed by atoms with Crippen molar-refractivity contribution in [3.8, 4) is 0 Å². The second-order valence-electron chi connectivity index (χ2n) is 8.67. The smallest absolute Gasteiger partial charge is 0.264 e. The highest BCUT2D eigenvalue weighted by molar-refractivity contribution is 7.93. The van der Waals surface area contributed by atoms with Crippen molar-refractivity contribution in [3.63, 3.8) is 0 Å². The van der Waals surface area contributed by atoms with Crippen LogP contribution in [-0.2, 0) is 24.8 Å². The highest BCUT2D eigenvalue weighted by atomic mass is 35.5. The van der Waals surface area contributed by atoms with Crippen LogP contribution in [0.3, 0.4) is 0 Å². The third-order valence-electron chi connectivity index (χ3n) is 6.08. The molecule has 11 heteroatoms. The summed E-state index contributed by atoms with van der Waals surface area (Å²) in [6.07, 6.45) is 3.70. The minimum absolute atomic E-state index is 0.0193. The Hall–Kier alpha value is -2.92. The highest BCUT2D eigenvalue weighted by Crippen LogP contribution is 2.30. The number of sulfonamides is 2. The summed E-state index contributed by atoms with van der Waals surface area (Å²) in [5.74, 6) is -0.609. The maximum atomic E-state index is 13.4. The average molecular weight is 562 g/mol. The van der Waals surface area contributed by atoms with Crippen LogP contribution in [0.1, 0.15) is 25.7 Å². The van der Waals surface area contributed by atoms with Gasteiger partial charge in [-0.15, -0.1) is 0 Å². The fraction of sp³-hybridized carbons (Fsp3) is 0.269. The molecule has 0 saturated carbocycles. The molecule has 0 radical (unpaired) electrons. The fourth-order valence-electron chi connectivity index (χ4n) is 4.15. The van der Waals surface area contributed by atoms with Crippen molar-refractivity contribution < 1.29 is 21.6 Å². The second-order valence-corrected chi connectivity index (χ2v) is 12.9. The largest absolute Gasteiger partial charge is 0.325 e. The maximum absolute atomic E-state index is 13.4. The summed E-state index contributed by atoms with van der Waals surface area (Å²) >= 11 is 6.29. The van der Waals surface area contributed by atoms with Gasteiger partial charge in [0.25, 0.3) is 10.0 Å². The lowest BCUT2D eigenvalue weighted by atomic mass is 10.2. The van der Waals surface area contributed by atoms with Gasteiger partial charge in [0.2, 0.25) is 15.9 Å². The number of carbonyl (C=O) groups excluding carboxylic acids is 1. The van der Waals surface area contributed by atoms with E-state index in [1.807, 2.05) is 0 Å². The Bertz CT molecular complexity index is 1440. The molecule has 0 bridgehead atoms. The van der Waals surface area contributed by atoms with Crippen LogP contribution >= 0.6 is 11.6 Å². The molecule has 0 unspecified atom stereocenters. The quantitative estimate of drug-likeness (QED) is 0.428. The van der Waals surface area contributed by atoms with E-state index in [4.69, 9.17) is 11.6 Å². The molecule has 1 aliphatic heterocycles. The molecule has 1 amide bonds. The Morgan fingerprint density at radius 2 is 1.38 bits per heavy atom. The van der Waals surface area contributed by atoms with E-state index in [2.05, 4.69) is 5.32 Å². The number of benzene rings is 3. The van der Waals surface area contributed by atoms with Crippen LogP contribution in [0.15, 0.2) is 88.7 Å². The minimum atomic E-state index is -4.10.